The first-order chi connectivity index (χ1) is 11.5. The number of anilines is 1. The molecule has 2 rings (SSSR count). The predicted molar refractivity (Wildman–Crippen MR) is 96.5 cm³/mol. The maximum Gasteiger partial charge on any atom is 0.233 e. The quantitative estimate of drug-likeness (QED) is 0.717. The third kappa shape index (κ3) is 5.11. The number of nitrogens with zero attached hydrogens (tertiary/aromatic N) is 4. The van der Waals surface area contributed by atoms with Crippen LogP contribution in [0.3, 0.4) is 0 Å². The van der Waals surface area contributed by atoms with Crippen LogP contribution >= 0.6 is 11.8 Å². The number of nitrogens with one attached hydrogen (secondary N) is 1. The highest BCUT2D eigenvalue weighted by molar-refractivity contribution is 8.00. The molecule has 1 saturated heterocycles. The number of ether oxygens (including phenoxy) is 1. The molecule has 0 bridgehead atoms. The minimum atomic E-state index is -0.191. The molecule has 8 heteroatoms. The van der Waals surface area contributed by atoms with Gasteiger partial charge in [0.2, 0.25) is 11.9 Å². The Morgan fingerprint density at radius 3 is 2.62 bits per heavy atom. The summed E-state index contributed by atoms with van der Waals surface area (Å²) < 4.78 is 7.57. The molecule has 0 aromatic carbocycles. The fraction of sp³-hybridized carbons (Fsp3) is 0.812. The van der Waals surface area contributed by atoms with Crippen molar-refractivity contribution in [3.63, 3.8) is 0 Å². The number of morpholine rings is 1. The van der Waals surface area contributed by atoms with Gasteiger partial charge >= 0.3 is 0 Å². The lowest BCUT2D eigenvalue weighted by molar-refractivity contribution is -0.120. The Morgan fingerprint density at radius 2 is 2.00 bits per heavy atom. The second kappa shape index (κ2) is 9.27. The molecule has 1 N–H and O–H groups in total. The molecule has 1 aliphatic heterocycles. The van der Waals surface area contributed by atoms with E-state index in [1.165, 1.54) is 11.8 Å². The lowest BCUT2D eigenvalue weighted by Gasteiger charge is -2.28. The van der Waals surface area contributed by atoms with Crippen LogP contribution in [0.5, 0.6) is 0 Å². The van der Waals surface area contributed by atoms with Crippen molar-refractivity contribution in [3.8, 4) is 0 Å². The standard InChI is InChI=1S/C16H29N5O2S/c1-5-6-17-14(22)13(4)24-16-19-18-15(21(16)11-12(2)3)20-7-9-23-10-8-20/h12-13H,5-11H2,1-4H3,(H,17,22)/t13-/m0/s1. The molecule has 24 heavy (non-hydrogen) atoms. The molecule has 1 fully saturated rings. The molecular weight excluding hydrogens is 326 g/mol. The van der Waals surface area contributed by atoms with Gasteiger partial charge < -0.3 is 15.0 Å². The number of hydrogen-bond donors (Lipinski definition) is 1. The smallest absolute Gasteiger partial charge is 0.233 e. The van der Waals surface area contributed by atoms with Crippen molar-refractivity contribution < 1.29 is 9.53 Å². The molecule has 1 atom stereocenters. The molecule has 0 saturated carbocycles. The summed E-state index contributed by atoms with van der Waals surface area (Å²) in [7, 11) is 0. The van der Waals surface area contributed by atoms with Crippen molar-refractivity contribution in [3.05, 3.63) is 0 Å². The van der Waals surface area contributed by atoms with E-state index in [1.54, 1.807) is 0 Å². The average molecular weight is 356 g/mol. The highest BCUT2D eigenvalue weighted by Gasteiger charge is 2.24. The Balaban J connectivity index is 2.13. The third-order valence-electron chi connectivity index (χ3n) is 3.74. The predicted octanol–water partition coefficient (Wildman–Crippen LogP) is 1.78. The zero-order valence-electron chi connectivity index (χ0n) is 15.1. The number of carbonyl (C=O) groups excluding carboxylic acids is 1. The summed E-state index contributed by atoms with van der Waals surface area (Å²) in [6.07, 6.45) is 0.938. The topological polar surface area (TPSA) is 72.3 Å². The number of aromatic nitrogens is 3. The number of hydrogen-bond acceptors (Lipinski definition) is 6. The largest absolute Gasteiger partial charge is 0.378 e. The van der Waals surface area contributed by atoms with E-state index in [4.69, 9.17) is 4.74 Å². The molecular formula is C16H29N5O2S. The lowest BCUT2D eigenvalue weighted by Crippen LogP contribution is -2.38. The molecule has 0 spiro atoms. The van der Waals surface area contributed by atoms with Crippen molar-refractivity contribution in [1.82, 2.24) is 20.1 Å². The summed E-state index contributed by atoms with van der Waals surface area (Å²) in [5.41, 5.74) is 0. The fourth-order valence-corrected chi connectivity index (χ4v) is 3.37. The average Bonchev–Trinajstić information content (AvgIpc) is 2.95. The van der Waals surface area contributed by atoms with Gasteiger partial charge in [-0.2, -0.15) is 0 Å². The van der Waals surface area contributed by atoms with Gasteiger partial charge in [-0.3, -0.25) is 9.36 Å². The Labute approximate surface area is 148 Å². The molecule has 0 aliphatic carbocycles. The first-order valence-electron chi connectivity index (χ1n) is 8.73. The normalized spacial score (nSPS) is 16.5. The molecule has 0 unspecified atom stereocenters. The van der Waals surface area contributed by atoms with Crippen LogP contribution in [0, 0.1) is 5.92 Å². The first-order valence-corrected chi connectivity index (χ1v) is 9.61. The van der Waals surface area contributed by atoms with E-state index in [2.05, 4.69) is 38.8 Å². The van der Waals surface area contributed by atoms with Gasteiger partial charge in [0.05, 0.1) is 18.5 Å². The highest BCUT2D eigenvalue weighted by Crippen LogP contribution is 2.27. The highest BCUT2D eigenvalue weighted by atomic mass is 32.2. The molecule has 0 radical (unpaired) electrons. The van der Waals surface area contributed by atoms with Crippen molar-refractivity contribution in [1.29, 1.82) is 0 Å². The van der Waals surface area contributed by atoms with Crippen LogP contribution in [0.4, 0.5) is 5.95 Å². The van der Waals surface area contributed by atoms with Gasteiger partial charge in [0.25, 0.3) is 0 Å². The van der Waals surface area contributed by atoms with Crippen LogP contribution in [0.2, 0.25) is 0 Å². The van der Waals surface area contributed by atoms with E-state index in [9.17, 15) is 4.79 Å². The SMILES string of the molecule is CCCNC(=O)[C@H](C)Sc1nnc(N2CCOCC2)n1CC(C)C. The van der Waals surface area contributed by atoms with Gasteiger partial charge in [-0.15, -0.1) is 10.2 Å². The van der Waals surface area contributed by atoms with Gasteiger partial charge in [-0.25, -0.2) is 0 Å². The maximum absolute atomic E-state index is 12.1. The monoisotopic (exact) mass is 355 g/mol. The Kier molecular flexibility index (Phi) is 7.36. The Bertz CT molecular complexity index is 529. The number of amides is 1. The van der Waals surface area contributed by atoms with E-state index in [1.807, 2.05) is 13.8 Å². The summed E-state index contributed by atoms with van der Waals surface area (Å²) >= 11 is 1.47. The maximum atomic E-state index is 12.1. The molecule has 1 aromatic heterocycles. The molecule has 7 nitrogen and oxygen atoms in total. The fourth-order valence-electron chi connectivity index (χ4n) is 2.49. The van der Waals surface area contributed by atoms with Crippen molar-refractivity contribution in [2.75, 3.05) is 37.7 Å². The number of thioether (sulfide) groups is 1. The molecule has 2 heterocycles. The first kappa shape index (κ1) is 19.1. The van der Waals surface area contributed by atoms with Gasteiger partial charge in [0, 0.05) is 26.2 Å². The molecule has 1 amide bonds. The van der Waals surface area contributed by atoms with Crippen molar-refractivity contribution in [2.45, 2.75) is 51.1 Å². The number of carbonyl (C=O) groups is 1. The third-order valence-corrected chi connectivity index (χ3v) is 4.82. The van der Waals surface area contributed by atoms with E-state index >= 15 is 0 Å². The Hall–Kier alpha value is -1.28. The van der Waals surface area contributed by atoms with Crippen LogP contribution < -0.4 is 10.2 Å². The van der Waals surface area contributed by atoms with E-state index in [0.29, 0.717) is 25.7 Å². The zero-order valence-corrected chi connectivity index (χ0v) is 15.9. The van der Waals surface area contributed by atoms with E-state index in [0.717, 1.165) is 37.2 Å². The van der Waals surface area contributed by atoms with Crippen molar-refractivity contribution in [2.24, 2.45) is 5.92 Å². The summed E-state index contributed by atoms with van der Waals surface area (Å²) in [5.74, 6) is 1.41. The van der Waals surface area contributed by atoms with Crippen LogP contribution in [0.25, 0.3) is 0 Å². The minimum absolute atomic E-state index is 0.0499. The number of rotatable bonds is 8. The van der Waals surface area contributed by atoms with Crippen LogP contribution in [0.15, 0.2) is 5.16 Å². The van der Waals surface area contributed by atoms with Crippen LogP contribution in [-0.4, -0.2) is 58.8 Å². The van der Waals surface area contributed by atoms with Gasteiger partial charge in [0.15, 0.2) is 5.16 Å². The van der Waals surface area contributed by atoms with Gasteiger partial charge in [-0.05, 0) is 19.3 Å². The molecule has 136 valence electrons. The van der Waals surface area contributed by atoms with Crippen LogP contribution in [0.1, 0.15) is 34.1 Å². The minimum Gasteiger partial charge on any atom is -0.378 e. The second-order valence-electron chi connectivity index (χ2n) is 6.44. The second-order valence-corrected chi connectivity index (χ2v) is 7.75. The Morgan fingerprint density at radius 1 is 1.29 bits per heavy atom. The summed E-state index contributed by atoms with van der Waals surface area (Å²) in [6.45, 7) is 12.9. The zero-order chi connectivity index (χ0) is 17.5. The van der Waals surface area contributed by atoms with Gasteiger partial charge in [0.1, 0.15) is 0 Å². The lowest BCUT2D eigenvalue weighted by atomic mass is 10.2. The van der Waals surface area contributed by atoms with E-state index in [-0.39, 0.29) is 11.2 Å². The summed E-state index contributed by atoms with van der Waals surface area (Å²) in [4.78, 5) is 14.3. The summed E-state index contributed by atoms with van der Waals surface area (Å²) in [5, 5.41) is 12.3. The molecule has 1 aromatic rings. The molecule has 1 aliphatic rings. The van der Waals surface area contributed by atoms with Gasteiger partial charge in [-0.1, -0.05) is 32.5 Å². The van der Waals surface area contributed by atoms with Crippen LogP contribution in [-0.2, 0) is 16.1 Å². The van der Waals surface area contributed by atoms with E-state index < -0.39 is 0 Å². The van der Waals surface area contributed by atoms with Crippen molar-refractivity contribution >= 4 is 23.6 Å². The summed E-state index contributed by atoms with van der Waals surface area (Å²) in [6, 6.07) is 0.